The van der Waals surface area contributed by atoms with Crippen LogP contribution in [0.25, 0.3) is 0 Å². The van der Waals surface area contributed by atoms with Crippen molar-refractivity contribution in [1.29, 1.82) is 0 Å². The van der Waals surface area contributed by atoms with E-state index in [1.54, 1.807) is 13.0 Å². The highest BCUT2D eigenvalue weighted by atomic mass is 35.5. The Kier molecular flexibility index (Phi) is 9.04. The van der Waals surface area contributed by atoms with E-state index in [9.17, 15) is 26.8 Å². The number of carbonyl (C=O) groups excluding carboxylic acids is 2. The number of anilines is 1. The smallest absolute Gasteiger partial charge is 0.244 e. The molecule has 12 heteroatoms. The Morgan fingerprint density at radius 2 is 1.73 bits per heavy atom. The molecule has 180 valence electrons. The third kappa shape index (κ3) is 6.78. The van der Waals surface area contributed by atoms with E-state index >= 15 is 0 Å². The van der Waals surface area contributed by atoms with Crippen molar-refractivity contribution in [2.45, 2.75) is 25.9 Å². The molecule has 2 amide bonds. The minimum absolute atomic E-state index is 0.0724. The van der Waals surface area contributed by atoms with Crippen LogP contribution in [0.1, 0.15) is 18.9 Å². The van der Waals surface area contributed by atoms with Gasteiger partial charge < -0.3 is 10.2 Å². The van der Waals surface area contributed by atoms with Gasteiger partial charge >= 0.3 is 0 Å². The average molecular weight is 522 g/mol. The van der Waals surface area contributed by atoms with E-state index in [2.05, 4.69) is 5.32 Å². The van der Waals surface area contributed by atoms with Gasteiger partial charge in [-0.05, 0) is 36.2 Å². The van der Waals surface area contributed by atoms with E-state index in [4.69, 9.17) is 23.2 Å². The first-order chi connectivity index (χ1) is 15.4. The van der Waals surface area contributed by atoms with Crippen molar-refractivity contribution in [2.75, 3.05) is 24.2 Å². The van der Waals surface area contributed by atoms with Crippen molar-refractivity contribution in [2.24, 2.45) is 0 Å². The number of carbonyl (C=O) groups is 2. The predicted molar refractivity (Wildman–Crippen MR) is 124 cm³/mol. The lowest BCUT2D eigenvalue weighted by Gasteiger charge is -2.32. The van der Waals surface area contributed by atoms with E-state index in [1.807, 2.05) is 0 Å². The molecule has 0 fully saturated rings. The van der Waals surface area contributed by atoms with Gasteiger partial charge in [-0.2, -0.15) is 0 Å². The molecule has 33 heavy (non-hydrogen) atoms. The van der Waals surface area contributed by atoms with E-state index in [-0.39, 0.29) is 23.7 Å². The van der Waals surface area contributed by atoms with E-state index in [1.165, 1.54) is 24.1 Å². The molecular weight excluding hydrogens is 499 g/mol. The number of benzene rings is 2. The zero-order chi connectivity index (χ0) is 24.9. The molecule has 0 aliphatic heterocycles. The van der Waals surface area contributed by atoms with E-state index in [0.717, 1.165) is 18.4 Å². The molecule has 2 aromatic rings. The molecule has 1 atom stereocenters. The van der Waals surface area contributed by atoms with Gasteiger partial charge in [0, 0.05) is 19.7 Å². The Hall–Kier alpha value is -2.43. The first-order valence-electron chi connectivity index (χ1n) is 9.76. The van der Waals surface area contributed by atoms with Gasteiger partial charge in [-0.3, -0.25) is 13.9 Å². The maximum absolute atomic E-state index is 13.7. The van der Waals surface area contributed by atoms with Crippen molar-refractivity contribution in [3.8, 4) is 0 Å². The quantitative estimate of drug-likeness (QED) is 0.546. The van der Waals surface area contributed by atoms with Gasteiger partial charge in [-0.1, -0.05) is 36.2 Å². The van der Waals surface area contributed by atoms with Crippen molar-refractivity contribution in [1.82, 2.24) is 10.2 Å². The topological polar surface area (TPSA) is 86.8 Å². The number of sulfonamides is 1. The molecule has 0 radical (unpaired) electrons. The normalized spacial score (nSPS) is 12.2. The van der Waals surface area contributed by atoms with Crippen LogP contribution in [-0.4, -0.2) is 51.0 Å². The standard InChI is InChI=1S/C21H23Cl2F2N3O4S/c1-4-19(21(30)26-2)27(11-13-5-7-15(22)16(23)9-13)20(29)12-28(33(3,31)32)14-6-8-17(24)18(25)10-14/h5-10,19H,4,11-12H2,1-3H3,(H,26,30). The van der Waals surface area contributed by atoms with Gasteiger partial charge in [-0.25, -0.2) is 17.2 Å². The van der Waals surface area contributed by atoms with Crippen molar-refractivity contribution in [3.05, 3.63) is 63.6 Å². The summed E-state index contributed by atoms with van der Waals surface area (Å²) in [6, 6.07) is 6.25. The van der Waals surface area contributed by atoms with Crippen LogP contribution in [0.4, 0.5) is 14.5 Å². The van der Waals surface area contributed by atoms with Crippen LogP contribution < -0.4 is 9.62 Å². The summed E-state index contributed by atoms with van der Waals surface area (Å²) in [5.74, 6) is -3.61. The second kappa shape index (κ2) is 11.1. The number of hydrogen-bond acceptors (Lipinski definition) is 4. The van der Waals surface area contributed by atoms with Gasteiger partial charge in [0.15, 0.2) is 11.6 Å². The SMILES string of the molecule is CCC(C(=O)NC)N(Cc1ccc(Cl)c(Cl)c1)C(=O)CN(c1ccc(F)c(F)c1)S(C)(=O)=O. The molecular formula is C21H23Cl2F2N3O4S. The lowest BCUT2D eigenvalue weighted by molar-refractivity contribution is -0.140. The molecule has 0 aliphatic rings. The summed E-state index contributed by atoms with van der Waals surface area (Å²) in [5, 5.41) is 3.03. The number of rotatable bonds is 9. The Bertz CT molecular complexity index is 1150. The third-order valence-corrected chi connectivity index (χ3v) is 6.72. The van der Waals surface area contributed by atoms with Crippen molar-refractivity contribution >= 4 is 50.7 Å². The summed E-state index contributed by atoms with van der Waals surface area (Å²) in [4.78, 5) is 27.0. The second-order valence-electron chi connectivity index (χ2n) is 7.18. The lowest BCUT2D eigenvalue weighted by atomic mass is 10.1. The molecule has 2 rings (SSSR count). The zero-order valence-corrected chi connectivity index (χ0v) is 20.4. The summed E-state index contributed by atoms with van der Waals surface area (Å²) in [6.07, 6.45) is 1.07. The van der Waals surface area contributed by atoms with Gasteiger partial charge in [-0.15, -0.1) is 0 Å². The monoisotopic (exact) mass is 521 g/mol. The molecule has 0 heterocycles. The molecule has 0 aliphatic carbocycles. The number of hydrogen-bond donors (Lipinski definition) is 1. The lowest BCUT2D eigenvalue weighted by Crippen LogP contribution is -2.51. The van der Waals surface area contributed by atoms with Crippen LogP contribution in [-0.2, 0) is 26.2 Å². The maximum atomic E-state index is 13.7. The first kappa shape index (κ1) is 26.8. The van der Waals surface area contributed by atoms with Crippen molar-refractivity contribution < 1.29 is 26.8 Å². The summed E-state index contributed by atoms with van der Waals surface area (Å²) >= 11 is 12.0. The maximum Gasteiger partial charge on any atom is 0.244 e. The number of nitrogens with one attached hydrogen (secondary N) is 1. The predicted octanol–water partition coefficient (Wildman–Crippen LogP) is 3.59. The highest BCUT2D eigenvalue weighted by Gasteiger charge is 2.31. The molecule has 0 spiro atoms. The Morgan fingerprint density at radius 1 is 1.06 bits per heavy atom. The van der Waals surface area contributed by atoms with Crippen LogP contribution in [0.2, 0.25) is 10.0 Å². The Labute approximate surface area is 201 Å². The van der Waals surface area contributed by atoms with E-state index in [0.29, 0.717) is 21.0 Å². The third-order valence-electron chi connectivity index (χ3n) is 4.84. The molecule has 0 bridgehead atoms. The fourth-order valence-electron chi connectivity index (χ4n) is 3.17. The Balaban J connectivity index is 2.46. The zero-order valence-electron chi connectivity index (χ0n) is 18.1. The number of amides is 2. The van der Waals surface area contributed by atoms with Gasteiger partial charge in [0.2, 0.25) is 21.8 Å². The number of likely N-dealkylation sites (N-methyl/N-ethyl adjacent to an activating group) is 1. The summed E-state index contributed by atoms with van der Waals surface area (Å²) in [5.41, 5.74) is 0.325. The van der Waals surface area contributed by atoms with Crippen molar-refractivity contribution in [3.63, 3.8) is 0 Å². The summed E-state index contributed by atoms with van der Waals surface area (Å²) in [6.45, 7) is 0.883. The van der Waals surface area contributed by atoms with Gasteiger partial charge in [0.25, 0.3) is 0 Å². The average Bonchev–Trinajstić information content (AvgIpc) is 2.75. The largest absolute Gasteiger partial charge is 0.357 e. The second-order valence-corrected chi connectivity index (χ2v) is 9.90. The van der Waals surface area contributed by atoms with Gasteiger partial charge in [0.1, 0.15) is 12.6 Å². The fourth-order valence-corrected chi connectivity index (χ4v) is 4.34. The Morgan fingerprint density at radius 3 is 2.24 bits per heavy atom. The molecule has 7 nitrogen and oxygen atoms in total. The van der Waals surface area contributed by atoms with E-state index < -0.39 is 46.1 Å². The van der Waals surface area contributed by atoms with Crippen LogP contribution >= 0.6 is 23.2 Å². The highest BCUT2D eigenvalue weighted by molar-refractivity contribution is 7.92. The fraction of sp³-hybridized carbons (Fsp3) is 0.333. The molecule has 2 aromatic carbocycles. The summed E-state index contributed by atoms with van der Waals surface area (Å²) in [7, 11) is -2.65. The van der Waals surface area contributed by atoms with Crippen LogP contribution in [0.15, 0.2) is 36.4 Å². The van der Waals surface area contributed by atoms with Crippen LogP contribution in [0, 0.1) is 11.6 Å². The van der Waals surface area contributed by atoms with Crippen LogP contribution in [0.3, 0.4) is 0 Å². The number of halogens is 4. The molecule has 0 aromatic heterocycles. The highest BCUT2D eigenvalue weighted by Crippen LogP contribution is 2.25. The first-order valence-corrected chi connectivity index (χ1v) is 12.4. The summed E-state index contributed by atoms with van der Waals surface area (Å²) < 4.78 is 52.5. The molecule has 1 N–H and O–H groups in total. The molecule has 0 saturated carbocycles. The molecule has 1 unspecified atom stereocenters. The number of nitrogens with zero attached hydrogens (tertiary/aromatic N) is 2. The van der Waals surface area contributed by atoms with Gasteiger partial charge in [0.05, 0.1) is 22.0 Å². The minimum Gasteiger partial charge on any atom is -0.357 e. The molecule has 0 saturated heterocycles. The van der Waals surface area contributed by atoms with Crippen LogP contribution in [0.5, 0.6) is 0 Å². The minimum atomic E-state index is -4.06.